The molecule has 0 aliphatic rings. The first-order chi connectivity index (χ1) is 9.90. The van der Waals surface area contributed by atoms with Crippen molar-refractivity contribution >= 4 is 5.78 Å². The Hall–Kier alpha value is -2.44. The van der Waals surface area contributed by atoms with Crippen molar-refractivity contribution in [1.82, 2.24) is 10.1 Å². The molecule has 0 saturated carbocycles. The minimum absolute atomic E-state index is 0.0108. The number of aromatic nitrogens is 2. The van der Waals surface area contributed by atoms with Gasteiger partial charge >= 0.3 is 12.1 Å². The van der Waals surface area contributed by atoms with Gasteiger partial charge in [-0.1, -0.05) is 35.5 Å². The molecule has 2 aromatic rings. The molecule has 21 heavy (non-hydrogen) atoms. The molecule has 0 aliphatic heterocycles. The fourth-order valence-corrected chi connectivity index (χ4v) is 1.69. The van der Waals surface area contributed by atoms with E-state index in [9.17, 15) is 18.0 Å². The highest BCUT2D eigenvalue weighted by Crippen LogP contribution is 2.29. The summed E-state index contributed by atoms with van der Waals surface area (Å²) in [6.45, 7) is 3.48. The van der Waals surface area contributed by atoms with Crippen molar-refractivity contribution < 1.29 is 22.5 Å². The monoisotopic (exact) mass is 296 g/mol. The maximum atomic E-state index is 12.4. The first-order valence-corrected chi connectivity index (χ1v) is 6.03. The van der Waals surface area contributed by atoms with Gasteiger partial charge in [0.2, 0.25) is 5.82 Å². The lowest BCUT2D eigenvalue weighted by Gasteiger charge is -2.00. The number of allylic oxidation sites excluding steroid dienone is 1. The summed E-state index contributed by atoms with van der Waals surface area (Å²) in [5, 5.41) is 3.29. The number of benzene rings is 1. The number of Topliss-reactive ketones (excluding diaryl/α,β-unsaturated/α-hetero) is 1. The second-order valence-electron chi connectivity index (χ2n) is 4.33. The number of carbonyl (C=O) groups excluding carboxylic acids is 1. The lowest BCUT2D eigenvalue weighted by molar-refractivity contribution is -0.159. The average molecular weight is 296 g/mol. The lowest BCUT2D eigenvalue weighted by Crippen LogP contribution is -2.04. The second kappa shape index (κ2) is 5.90. The van der Waals surface area contributed by atoms with E-state index in [4.69, 9.17) is 0 Å². The zero-order valence-electron chi connectivity index (χ0n) is 10.9. The zero-order valence-corrected chi connectivity index (χ0v) is 10.9. The van der Waals surface area contributed by atoms with Crippen molar-refractivity contribution in [2.24, 2.45) is 0 Å². The molecule has 1 heterocycles. The molecule has 2 rings (SSSR count). The SMILES string of the molecule is C=CCC(=O)Cc1ccc(-c2noc(C(F)(F)F)n2)cc1. The minimum atomic E-state index is -4.66. The molecular weight excluding hydrogens is 285 g/mol. The van der Waals surface area contributed by atoms with E-state index in [0.29, 0.717) is 5.56 Å². The maximum Gasteiger partial charge on any atom is 0.471 e. The molecule has 0 saturated heterocycles. The number of halogens is 3. The van der Waals surface area contributed by atoms with Crippen LogP contribution in [0, 0.1) is 0 Å². The molecule has 110 valence electrons. The second-order valence-corrected chi connectivity index (χ2v) is 4.33. The summed E-state index contributed by atoms with van der Waals surface area (Å²) in [6, 6.07) is 6.36. The van der Waals surface area contributed by atoms with Crippen LogP contribution in [-0.4, -0.2) is 15.9 Å². The molecule has 0 radical (unpaired) electrons. The third-order valence-corrected chi connectivity index (χ3v) is 2.65. The Balaban J connectivity index is 2.13. The third kappa shape index (κ3) is 3.77. The average Bonchev–Trinajstić information content (AvgIpc) is 2.89. The van der Waals surface area contributed by atoms with Crippen molar-refractivity contribution in [3.05, 3.63) is 48.4 Å². The lowest BCUT2D eigenvalue weighted by atomic mass is 10.0. The van der Waals surface area contributed by atoms with Gasteiger partial charge in [-0.05, 0) is 5.56 Å². The van der Waals surface area contributed by atoms with Crippen LogP contribution in [0.1, 0.15) is 17.9 Å². The van der Waals surface area contributed by atoms with Gasteiger partial charge in [0.1, 0.15) is 5.78 Å². The standard InChI is InChI=1S/C14H11F3N2O2/c1-2-3-11(20)8-9-4-6-10(7-5-9)12-18-13(21-19-12)14(15,16)17/h2,4-7H,1,3,8H2. The Labute approximate surface area is 118 Å². The molecule has 0 amide bonds. The van der Waals surface area contributed by atoms with Crippen molar-refractivity contribution in [3.8, 4) is 11.4 Å². The first kappa shape index (κ1) is 15.0. The summed E-state index contributed by atoms with van der Waals surface area (Å²) >= 11 is 0. The van der Waals surface area contributed by atoms with E-state index in [0.717, 1.165) is 5.56 Å². The van der Waals surface area contributed by atoms with Gasteiger partial charge in [0.05, 0.1) is 0 Å². The van der Waals surface area contributed by atoms with E-state index in [-0.39, 0.29) is 24.4 Å². The van der Waals surface area contributed by atoms with Gasteiger partial charge in [-0.25, -0.2) is 0 Å². The Bertz CT molecular complexity index is 645. The molecule has 0 atom stereocenters. The normalized spacial score (nSPS) is 11.4. The third-order valence-electron chi connectivity index (χ3n) is 2.65. The predicted molar refractivity (Wildman–Crippen MR) is 68.3 cm³/mol. The molecule has 7 heteroatoms. The predicted octanol–water partition coefficient (Wildman–Crippen LogP) is 3.44. The number of carbonyl (C=O) groups is 1. The van der Waals surface area contributed by atoms with Crippen molar-refractivity contribution in [2.45, 2.75) is 19.0 Å². The maximum absolute atomic E-state index is 12.4. The molecular formula is C14H11F3N2O2. The van der Waals surface area contributed by atoms with E-state index in [1.165, 1.54) is 6.08 Å². The van der Waals surface area contributed by atoms with E-state index in [1.54, 1.807) is 24.3 Å². The van der Waals surface area contributed by atoms with Crippen LogP contribution in [-0.2, 0) is 17.4 Å². The molecule has 0 unspecified atom stereocenters. The molecule has 0 spiro atoms. The molecule has 4 nitrogen and oxygen atoms in total. The summed E-state index contributed by atoms with van der Waals surface area (Å²) in [7, 11) is 0. The van der Waals surface area contributed by atoms with Crippen LogP contribution in [0.3, 0.4) is 0 Å². The van der Waals surface area contributed by atoms with E-state index in [1.807, 2.05) is 0 Å². The summed E-state index contributed by atoms with van der Waals surface area (Å²) in [4.78, 5) is 14.7. The molecule has 1 aromatic heterocycles. The van der Waals surface area contributed by atoms with Crippen molar-refractivity contribution in [1.29, 1.82) is 0 Å². The van der Waals surface area contributed by atoms with Gasteiger partial charge < -0.3 is 4.52 Å². The van der Waals surface area contributed by atoms with Crippen LogP contribution in [0.4, 0.5) is 13.2 Å². The van der Waals surface area contributed by atoms with Crippen molar-refractivity contribution in [3.63, 3.8) is 0 Å². The van der Waals surface area contributed by atoms with Crippen LogP contribution in [0.2, 0.25) is 0 Å². The first-order valence-electron chi connectivity index (χ1n) is 6.03. The van der Waals surface area contributed by atoms with E-state index >= 15 is 0 Å². The zero-order chi connectivity index (χ0) is 15.5. The smallest absolute Gasteiger partial charge is 0.329 e. The topological polar surface area (TPSA) is 56.0 Å². The van der Waals surface area contributed by atoms with Gasteiger partial charge in [-0.15, -0.1) is 6.58 Å². The Morgan fingerprint density at radius 1 is 1.29 bits per heavy atom. The van der Waals surface area contributed by atoms with E-state index < -0.39 is 12.1 Å². The fourth-order valence-electron chi connectivity index (χ4n) is 1.69. The van der Waals surface area contributed by atoms with Crippen LogP contribution < -0.4 is 0 Å². The van der Waals surface area contributed by atoms with Crippen LogP contribution >= 0.6 is 0 Å². The quantitative estimate of drug-likeness (QED) is 0.793. The van der Waals surface area contributed by atoms with Gasteiger partial charge in [0.25, 0.3) is 0 Å². The number of alkyl halides is 3. The summed E-state index contributed by atoms with van der Waals surface area (Å²) in [6.07, 6.45) is -2.62. The van der Waals surface area contributed by atoms with Gasteiger partial charge in [-0.2, -0.15) is 18.2 Å². The molecule has 0 bridgehead atoms. The summed E-state index contributed by atoms with van der Waals surface area (Å²) < 4.78 is 41.2. The minimum Gasteiger partial charge on any atom is -0.329 e. The number of nitrogens with zero attached hydrogens (tertiary/aromatic N) is 2. The van der Waals surface area contributed by atoms with Crippen LogP contribution in [0.5, 0.6) is 0 Å². The number of hydrogen-bond donors (Lipinski definition) is 0. The Morgan fingerprint density at radius 3 is 2.48 bits per heavy atom. The highest BCUT2D eigenvalue weighted by atomic mass is 19.4. The van der Waals surface area contributed by atoms with Crippen LogP contribution in [0.15, 0.2) is 41.4 Å². The molecule has 0 fully saturated rings. The highest BCUT2D eigenvalue weighted by molar-refractivity contribution is 5.82. The van der Waals surface area contributed by atoms with Gasteiger partial charge in [0.15, 0.2) is 0 Å². The van der Waals surface area contributed by atoms with E-state index in [2.05, 4.69) is 21.2 Å². The fraction of sp³-hybridized carbons (Fsp3) is 0.214. The molecule has 1 aromatic carbocycles. The highest BCUT2D eigenvalue weighted by Gasteiger charge is 2.38. The van der Waals surface area contributed by atoms with Gasteiger partial charge in [-0.3, -0.25) is 4.79 Å². The molecule has 0 aliphatic carbocycles. The summed E-state index contributed by atoms with van der Waals surface area (Å²) in [5.41, 5.74) is 1.14. The number of hydrogen-bond acceptors (Lipinski definition) is 4. The number of rotatable bonds is 5. The van der Waals surface area contributed by atoms with Crippen molar-refractivity contribution in [2.75, 3.05) is 0 Å². The number of ketones is 1. The largest absolute Gasteiger partial charge is 0.471 e. The van der Waals surface area contributed by atoms with Crippen LogP contribution in [0.25, 0.3) is 11.4 Å². The Morgan fingerprint density at radius 2 is 1.95 bits per heavy atom. The summed E-state index contributed by atoms with van der Waals surface area (Å²) in [5.74, 6) is -1.52. The Kier molecular flexibility index (Phi) is 4.21. The van der Waals surface area contributed by atoms with Gasteiger partial charge in [0, 0.05) is 18.4 Å². The molecule has 0 N–H and O–H groups in total.